The van der Waals surface area contributed by atoms with Gasteiger partial charge < -0.3 is 9.50 Å². The van der Waals surface area contributed by atoms with E-state index in [0.717, 1.165) is 17.7 Å². The highest BCUT2D eigenvalue weighted by atomic mass is 32.1. The molecule has 0 aromatic heterocycles. The number of rotatable bonds is 1. The number of amides is 1. The van der Waals surface area contributed by atoms with Gasteiger partial charge >= 0.3 is 0 Å². The first kappa shape index (κ1) is 8.44. The van der Waals surface area contributed by atoms with Crippen molar-refractivity contribution in [3.05, 3.63) is 23.8 Å². The SMILES string of the molecule is O=C1CCc2ccc(OS)cc2N1. The predicted octanol–water partition coefficient (Wildman–Crippen LogP) is 1.79. The topological polar surface area (TPSA) is 38.3 Å². The van der Waals surface area contributed by atoms with Gasteiger partial charge in [-0.15, -0.1) is 0 Å². The van der Waals surface area contributed by atoms with Crippen LogP contribution in [0.3, 0.4) is 0 Å². The van der Waals surface area contributed by atoms with E-state index < -0.39 is 0 Å². The quantitative estimate of drug-likeness (QED) is 0.529. The van der Waals surface area contributed by atoms with Crippen LogP contribution in [0.15, 0.2) is 18.2 Å². The van der Waals surface area contributed by atoms with Crippen molar-refractivity contribution in [2.45, 2.75) is 12.8 Å². The number of hydrogen-bond donors (Lipinski definition) is 2. The number of fused-ring (bicyclic) bond motifs is 1. The normalized spacial score (nSPS) is 14.7. The second-order valence-corrected chi connectivity index (χ2v) is 3.14. The van der Waals surface area contributed by atoms with E-state index in [0.29, 0.717) is 12.2 Å². The largest absolute Gasteiger partial charge is 0.429 e. The summed E-state index contributed by atoms with van der Waals surface area (Å²) in [6.07, 6.45) is 1.36. The summed E-state index contributed by atoms with van der Waals surface area (Å²) in [4.78, 5) is 11.1. The second kappa shape index (κ2) is 3.30. The Labute approximate surface area is 81.7 Å². The van der Waals surface area contributed by atoms with Gasteiger partial charge in [-0.1, -0.05) is 6.07 Å². The Kier molecular flexibility index (Phi) is 2.14. The van der Waals surface area contributed by atoms with Gasteiger partial charge in [0, 0.05) is 31.1 Å². The Morgan fingerprint density at radius 2 is 2.23 bits per heavy atom. The van der Waals surface area contributed by atoms with Crippen LogP contribution in [0.5, 0.6) is 5.75 Å². The highest BCUT2D eigenvalue weighted by molar-refractivity contribution is 7.75. The average molecular weight is 195 g/mol. The first-order valence-corrected chi connectivity index (χ1v) is 4.40. The molecule has 0 atom stereocenters. The van der Waals surface area contributed by atoms with Crippen molar-refractivity contribution in [1.82, 2.24) is 0 Å². The number of anilines is 1. The third kappa shape index (κ3) is 1.62. The van der Waals surface area contributed by atoms with Gasteiger partial charge in [-0.25, -0.2) is 0 Å². The molecule has 3 nitrogen and oxygen atoms in total. The zero-order chi connectivity index (χ0) is 9.26. The Morgan fingerprint density at radius 1 is 1.38 bits per heavy atom. The molecule has 0 bridgehead atoms. The van der Waals surface area contributed by atoms with Crippen LogP contribution >= 0.6 is 12.9 Å². The Hall–Kier alpha value is -1.16. The fourth-order valence-electron chi connectivity index (χ4n) is 1.41. The fourth-order valence-corrected chi connectivity index (χ4v) is 1.52. The van der Waals surface area contributed by atoms with E-state index in [1.54, 1.807) is 6.07 Å². The Bertz CT molecular complexity index is 351. The number of aryl methyl sites for hydroxylation is 1. The molecule has 0 unspecified atom stereocenters. The molecular weight excluding hydrogens is 186 g/mol. The third-order valence-corrected chi connectivity index (χ3v) is 2.29. The lowest BCUT2D eigenvalue weighted by Crippen LogP contribution is -2.18. The molecule has 1 aromatic rings. The molecule has 1 amide bonds. The lowest BCUT2D eigenvalue weighted by Gasteiger charge is -2.16. The van der Waals surface area contributed by atoms with Crippen LogP contribution in [-0.4, -0.2) is 5.91 Å². The van der Waals surface area contributed by atoms with Gasteiger partial charge in [0.15, 0.2) is 0 Å². The molecule has 13 heavy (non-hydrogen) atoms. The average Bonchev–Trinajstić information content (AvgIpc) is 2.16. The minimum Gasteiger partial charge on any atom is -0.429 e. The zero-order valence-corrected chi connectivity index (χ0v) is 7.80. The van der Waals surface area contributed by atoms with E-state index in [-0.39, 0.29) is 5.91 Å². The summed E-state index contributed by atoms with van der Waals surface area (Å²) in [6.45, 7) is 0. The second-order valence-electron chi connectivity index (χ2n) is 2.96. The standard InChI is InChI=1S/C9H9NO2S/c11-9-4-2-6-1-3-7(12-13)5-8(6)10-9/h1,3,5,13H,2,4H2,(H,10,11). The molecule has 0 radical (unpaired) electrons. The van der Waals surface area contributed by atoms with E-state index in [9.17, 15) is 4.79 Å². The molecule has 0 saturated heterocycles. The zero-order valence-electron chi connectivity index (χ0n) is 6.91. The molecule has 1 N–H and O–H groups in total. The minimum atomic E-state index is 0.0591. The molecule has 0 spiro atoms. The van der Waals surface area contributed by atoms with Crippen LogP contribution in [0.25, 0.3) is 0 Å². The number of hydrogen-bond acceptors (Lipinski definition) is 3. The summed E-state index contributed by atoms with van der Waals surface area (Å²) in [6, 6.07) is 5.56. The van der Waals surface area contributed by atoms with Crippen LogP contribution in [0.4, 0.5) is 5.69 Å². The van der Waals surface area contributed by atoms with Crippen LogP contribution in [-0.2, 0) is 11.2 Å². The van der Waals surface area contributed by atoms with Crippen molar-refractivity contribution in [3.8, 4) is 5.75 Å². The van der Waals surface area contributed by atoms with Crippen molar-refractivity contribution in [2.24, 2.45) is 0 Å². The monoisotopic (exact) mass is 195 g/mol. The number of thiol groups is 1. The van der Waals surface area contributed by atoms with E-state index in [1.165, 1.54) is 0 Å². The Morgan fingerprint density at radius 3 is 3.00 bits per heavy atom. The highest BCUT2D eigenvalue weighted by Gasteiger charge is 2.14. The van der Waals surface area contributed by atoms with Crippen molar-refractivity contribution in [1.29, 1.82) is 0 Å². The summed E-state index contributed by atoms with van der Waals surface area (Å²) >= 11 is 3.69. The number of nitrogens with one attached hydrogen (secondary N) is 1. The molecular formula is C9H9NO2S. The van der Waals surface area contributed by atoms with Crippen LogP contribution < -0.4 is 9.50 Å². The maximum atomic E-state index is 11.1. The number of carbonyl (C=O) groups excluding carboxylic acids is 1. The van der Waals surface area contributed by atoms with Gasteiger partial charge in [0.25, 0.3) is 0 Å². The highest BCUT2D eigenvalue weighted by Crippen LogP contribution is 2.27. The van der Waals surface area contributed by atoms with Crippen molar-refractivity contribution in [3.63, 3.8) is 0 Å². The molecule has 2 rings (SSSR count). The van der Waals surface area contributed by atoms with Gasteiger partial charge in [-0.3, -0.25) is 4.79 Å². The summed E-state index contributed by atoms with van der Waals surface area (Å²) in [5.41, 5.74) is 1.98. The van der Waals surface area contributed by atoms with E-state index in [2.05, 4.69) is 18.2 Å². The molecule has 1 aromatic carbocycles. The lowest BCUT2D eigenvalue weighted by molar-refractivity contribution is -0.116. The van der Waals surface area contributed by atoms with Crippen molar-refractivity contribution in [2.75, 3.05) is 5.32 Å². The summed E-state index contributed by atoms with van der Waals surface area (Å²) < 4.78 is 4.76. The maximum Gasteiger partial charge on any atom is 0.224 e. The Balaban J connectivity index is 2.38. The van der Waals surface area contributed by atoms with Crippen LogP contribution in [0, 0.1) is 0 Å². The smallest absolute Gasteiger partial charge is 0.224 e. The van der Waals surface area contributed by atoms with Crippen LogP contribution in [0.2, 0.25) is 0 Å². The third-order valence-electron chi connectivity index (χ3n) is 2.08. The van der Waals surface area contributed by atoms with Gasteiger partial charge in [0.05, 0.1) is 0 Å². The van der Waals surface area contributed by atoms with Gasteiger partial charge in [-0.05, 0) is 18.1 Å². The fraction of sp³-hybridized carbons (Fsp3) is 0.222. The first-order chi connectivity index (χ1) is 6.29. The molecule has 0 aliphatic carbocycles. The van der Waals surface area contributed by atoms with E-state index >= 15 is 0 Å². The van der Waals surface area contributed by atoms with Crippen molar-refractivity contribution < 1.29 is 8.98 Å². The van der Waals surface area contributed by atoms with Gasteiger partial charge in [-0.2, -0.15) is 0 Å². The van der Waals surface area contributed by atoms with Crippen LogP contribution in [0.1, 0.15) is 12.0 Å². The van der Waals surface area contributed by atoms with Gasteiger partial charge in [0.1, 0.15) is 5.75 Å². The molecule has 4 heteroatoms. The summed E-state index contributed by atoms with van der Waals surface area (Å²) in [7, 11) is 0. The minimum absolute atomic E-state index is 0.0591. The maximum absolute atomic E-state index is 11.1. The molecule has 1 heterocycles. The molecule has 1 aliphatic rings. The van der Waals surface area contributed by atoms with Gasteiger partial charge in [0.2, 0.25) is 5.91 Å². The number of benzene rings is 1. The summed E-state index contributed by atoms with van der Waals surface area (Å²) in [5, 5.41) is 2.78. The molecule has 0 fully saturated rings. The predicted molar refractivity (Wildman–Crippen MR) is 53.0 cm³/mol. The summed E-state index contributed by atoms with van der Waals surface area (Å²) in [5.74, 6) is 0.702. The van der Waals surface area contributed by atoms with E-state index in [1.807, 2.05) is 12.1 Å². The first-order valence-electron chi connectivity index (χ1n) is 4.04. The molecule has 68 valence electrons. The molecule has 0 saturated carbocycles. The van der Waals surface area contributed by atoms with E-state index in [4.69, 9.17) is 4.18 Å². The van der Waals surface area contributed by atoms with Crippen molar-refractivity contribution >= 4 is 24.5 Å². The number of carbonyl (C=O) groups is 1. The lowest BCUT2D eigenvalue weighted by atomic mass is 10.0. The molecule has 1 aliphatic heterocycles.